The molecule has 8 heteroatoms. The molecule has 2 saturated heterocycles. The van der Waals surface area contributed by atoms with Crippen LogP contribution in [0.15, 0.2) is 58.8 Å². The van der Waals surface area contributed by atoms with Crippen LogP contribution < -0.4 is 15.3 Å². The van der Waals surface area contributed by atoms with Crippen LogP contribution in [0.1, 0.15) is 80.3 Å². The van der Waals surface area contributed by atoms with Gasteiger partial charge in [0, 0.05) is 62.3 Å². The zero-order valence-electron chi connectivity index (χ0n) is 28.1. The van der Waals surface area contributed by atoms with Crippen molar-refractivity contribution in [2.75, 3.05) is 64.1 Å². The third-order valence-electron chi connectivity index (χ3n) is 10.5. The molecule has 0 spiro atoms. The molecule has 1 amide bonds. The number of allylic oxidation sites excluding steroid dienone is 2. The molecule has 4 aliphatic rings. The maximum absolute atomic E-state index is 14.1. The number of hydroxylamine groups is 2. The number of fused-ring (bicyclic) bond motifs is 1. The van der Waals surface area contributed by atoms with Gasteiger partial charge in [-0.25, -0.2) is 0 Å². The smallest absolute Gasteiger partial charge is 0.252 e. The first-order chi connectivity index (χ1) is 22.4. The van der Waals surface area contributed by atoms with Gasteiger partial charge >= 0.3 is 0 Å². The number of morpholine rings is 1. The number of ether oxygens (including phenoxy) is 2. The topological polar surface area (TPSA) is 81.5 Å². The number of quaternary nitrogens is 1. The van der Waals surface area contributed by atoms with Gasteiger partial charge < -0.3 is 30.0 Å². The van der Waals surface area contributed by atoms with E-state index in [-0.39, 0.29) is 17.5 Å². The van der Waals surface area contributed by atoms with Crippen LogP contribution >= 0.6 is 0 Å². The molecule has 2 aromatic carbocycles. The molecule has 2 aromatic rings. The molecular formula is C38H52N4O4. The number of nitrogens with one attached hydrogen (secondary N) is 2. The van der Waals surface area contributed by atoms with Gasteiger partial charge in [0.15, 0.2) is 0 Å². The number of rotatable bonds is 9. The van der Waals surface area contributed by atoms with Crippen molar-refractivity contribution in [3.63, 3.8) is 0 Å². The van der Waals surface area contributed by atoms with Crippen LogP contribution in [-0.2, 0) is 16.0 Å². The average molecular weight is 629 g/mol. The normalized spacial score (nSPS) is 21.6. The quantitative estimate of drug-likeness (QED) is 0.374. The van der Waals surface area contributed by atoms with Crippen molar-refractivity contribution in [3.05, 3.63) is 80.7 Å². The summed E-state index contributed by atoms with van der Waals surface area (Å²) < 4.78 is 11.2. The first-order valence-electron chi connectivity index (χ1n) is 17.5. The second-order valence-corrected chi connectivity index (χ2v) is 13.4. The number of carbonyl (C=O) groups excluding carboxylic acids is 1. The Hall–Kier alpha value is -3.01. The molecule has 8 nitrogen and oxygen atoms in total. The molecule has 2 N–H and O–H groups in total. The summed E-state index contributed by atoms with van der Waals surface area (Å²) in [6, 6.07) is 13.5. The predicted octanol–water partition coefficient (Wildman–Crippen LogP) is 5.16. The number of nitrogens with zero attached hydrogens (tertiary/aromatic N) is 2. The molecule has 6 rings (SSSR count). The second kappa shape index (κ2) is 15.3. The summed E-state index contributed by atoms with van der Waals surface area (Å²) >= 11 is 0. The third kappa shape index (κ3) is 7.42. The molecule has 0 bridgehead atoms. The Morgan fingerprint density at radius 3 is 2.37 bits per heavy atom. The molecule has 248 valence electrons. The second-order valence-electron chi connectivity index (χ2n) is 13.4. The molecule has 46 heavy (non-hydrogen) atoms. The molecule has 0 aromatic heterocycles. The Morgan fingerprint density at radius 1 is 0.957 bits per heavy atom. The van der Waals surface area contributed by atoms with Crippen LogP contribution in [0.2, 0.25) is 0 Å². The van der Waals surface area contributed by atoms with Crippen molar-refractivity contribution >= 4 is 11.6 Å². The molecule has 1 saturated carbocycles. The van der Waals surface area contributed by atoms with Gasteiger partial charge in [-0.2, -0.15) is 0 Å². The first-order valence-corrected chi connectivity index (χ1v) is 17.5. The highest BCUT2D eigenvalue weighted by Crippen LogP contribution is 2.35. The van der Waals surface area contributed by atoms with Gasteiger partial charge in [-0.05, 0) is 105 Å². The zero-order valence-corrected chi connectivity index (χ0v) is 28.1. The van der Waals surface area contributed by atoms with Crippen molar-refractivity contribution in [3.8, 4) is 11.1 Å². The largest absolute Gasteiger partial charge is 0.629 e. The molecule has 1 aliphatic carbocycles. The molecule has 1 atom stereocenters. The Morgan fingerprint density at radius 2 is 1.65 bits per heavy atom. The van der Waals surface area contributed by atoms with E-state index in [2.05, 4.69) is 66.2 Å². The lowest BCUT2D eigenvalue weighted by Crippen LogP contribution is -3.07. The number of hydrogen-bond donors (Lipinski definition) is 2. The SMILES string of the molecule is CCN(c1cc(-c2ccc(CN3CCOCC3)cc2)cc(C(=O)NCC2=C3CCCCCC3=C(C)C[NH+]2[O-])c1C)C1CCOCC1. The summed E-state index contributed by atoms with van der Waals surface area (Å²) in [6.45, 7) is 13.9. The van der Waals surface area contributed by atoms with Crippen molar-refractivity contribution in [1.82, 2.24) is 10.2 Å². The number of hydrogen-bond acceptors (Lipinski definition) is 6. The maximum Gasteiger partial charge on any atom is 0.252 e. The fourth-order valence-corrected chi connectivity index (χ4v) is 7.82. The lowest BCUT2D eigenvalue weighted by molar-refractivity contribution is -0.802. The predicted molar refractivity (Wildman–Crippen MR) is 184 cm³/mol. The van der Waals surface area contributed by atoms with Gasteiger partial charge in [0.1, 0.15) is 12.2 Å². The van der Waals surface area contributed by atoms with E-state index < -0.39 is 0 Å². The average Bonchev–Trinajstić information content (AvgIpc) is 3.34. The number of carbonyl (C=O) groups is 1. The molecule has 1 unspecified atom stereocenters. The lowest BCUT2D eigenvalue weighted by Gasteiger charge is -2.37. The van der Waals surface area contributed by atoms with Crippen LogP contribution in [-0.4, -0.2) is 76.0 Å². The molecule has 3 aliphatic heterocycles. The van der Waals surface area contributed by atoms with E-state index in [9.17, 15) is 10.0 Å². The van der Waals surface area contributed by atoms with Crippen molar-refractivity contribution in [1.29, 1.82) is 0 Å². The third-order valence-corrected chi connectivity index (χ3v) is 10.5. The maximum atomic E-state index is 14.1. The highest BCUT2D eigenvalue weighted by Gasteiger charge is 2.28. The van der Waals surface area contributed by atoms with E-state index >= 15 is 0 Å². The molecule has 3 fully saturated rings. The van der Waals surface area contributed by atoms with Crippen LogP contribution in [0.5, 0.6) is 0 Å². The number of anilines is 1. The fourth-order valence-electron chi connectivity index (χ4n) is 7.82. The minimum Gasteiger partial charge on any atom is -0.629 e. The molecular weight excluding hydrogens is 576 g/mol. The van der Waals surface area contributed by atoms with E-state index in [1.165, 1.54) is 35.1 Å². The Bertz CT molecular complexity index is 1440. The first kappa shape index (κ1) is 32.9. The fraction of sp³-hybridized carbons (Fsp3) is 0.553. The van der Waals surface area contributed by atoms with E-state index in [0.717, 1.165) is 113 Å². The zero-order chi connectivity index (χ0) is 32.0. The summed E-state index contributed by atoms with van der Waals surface area (Å²) in [7, 11) is 0. The van der Waals surface area contributed by atoms with Crippen LogP contribution in [0.4, 0.5) is 5.69 Å². The number of benzene rings is 2. The lowest BCUT2D eigenvalue weighted by atomic mass is 9.91. The van der Waals surface area contributed by atoms with E-state index in [4.69, 9.17) is 9.47 Å². The van der Waals surface area contributed by atoms with Gasteiger partial charge in [-0.3, -0.25) is 9.69 Å². The van der Waals surface area contributed by atoms with Crippen molar-refractivity contribution in [2.45, 2.75) is 78.3 Å². The van der Waals surface area contributed by atoms with Crippen LogP contribution in [0, 0.1) is 12.1 Å². The highest BCUT2D eigenvalue weighted by molar-refractivity contribution is 5.99. The van der Waals surface area contributed by atoms with Gasteiger partial charge in [0.05, 0.1) is 19.8 Å². The molecule has 3 heterocycles. The molecule has 0 radical (unpaired) electrons. The van der Waals surface area contributed by atoms with E-state index in [0.29, 0.717) is 18.2 Å². The number of amides is 1. The van der Waals surface area contributed by atoms with Gasteiger partial charge in [-0.15, -0.1) is 0 Å². The van der Waals surface area contributed by atoms with Crippen molar-refractivity contribution < 1.29 is 19.3 Å². The monoisotopic (exact) mass is 628 g/mol. The summed E-state index contributed by atoms with van der Waals surface area (Å²) in [6.07, 6.45) is 7.39. The minimum atomic E-state index is -0.116. The summed E-state index contributed by atoms with van der Waals surface area (Å²) in [5.41, 5.74) is 10.8. The standard InChI is InChI=1S/C38H52N4O4/c1-4-41(32-14-18-45-19-15-32)36-23-31(30-12-10-29(11-13-30)26-40-16-20-46-21-17-40)22-35(28(36)3)38(43)39-24-37-34-9-7-5-6-8-33(34)27(2)25-42(37)44/h10-13,22-23,32,42H,4-9,14-21,24-26H2,1-3H3,(H,39,43). The summed E-state index contributed by atoms with van der Waals surface area (Å²) in [5.74, 6) is -0.116. The Labute approximate surface area is 275 Å². The minimum absolute atomic E-state index is 0.116. The Balaban J connectivity index is 1.30. The van der Waals surface area contributed by atoms with Crippen molar-refractivity contribution in [2.24, 2.45) is 0 Å². The highest BCUT2D eigenvalue weighted by atomic mass is 16.5. The van der Waals surface area contributed by atoms with Crippen LogP contribution in [0.3, 0.4) is 0 Å². The summed E-state index contributed by atoms with van der Waals surface area (Å²) in [4.78, 5) is 19.0. The van der Waals surface area contributed by atoms with E-state index in [1.807, 2.05) is 6.07 Å². The van der Waals surface area contributed by atoms with E-state index in [1.54, 1.807) is 0 Å². The van der Waals surface area contributed by atoms with Crippen LogP contribution in [0.25, 0.3) is 11.1 Å². The van der Waals surface area contributed by atoms with Gasteiger partial charge in [-0.1, -0.05) is 30.7 Å². The summed E-state index contributed by atoms with van der Waals surface area (Å²) in [5, 5.41) is 16.6. The van der Waals surface area contributed by atoms with Gasteiger partial charge in [0.25, 0.3) is 5.91 Å². The Kier molecular flexibility index (Phi) is 10.9. The van der Waals surface area contributed by atoms with Gasteiger partial charge in [0.2, 0.25) is 0 Å².